The molecule has 0 bridgehead atoms. The standard InChI is InChI=1S/C16H25NO3/c1-5-10-17-11-13-8-6-7-9-14(13)20-12-16(2,3)15(18)19-4/h6-9,17H,5,10-12H2,1-4H3. The molecule has 0 amide bonds. The van der Waals surface area contributed by atoms with Gasteiger partial charge in [-0.2, -0.15) is 0 Å². The van der Waals surface area contributed by atoms with Gasteiger partial charge in [0.15, 0.2) is 0 Å². The zero-order valence-corrected chi connectivity index (χ0v) is 12.9. The summed E-state index contributed by atoms with van der Waals surface area (Å²) in [5.41, 5.74) is 0.445. The summed E-state index contributed by atoms with van der Waals surface area (Å²) in [6.07, 6.45) is 1.10. The third-order valence-corrected chi connectivity index (χ3v) is 3.04. The molecular weight excluding hydrogens is 254 g/mol. The van der Waals surface area contributed by atoms with Crippen molar-refractivity contribution < 1.29 is 14.3 Å². The van der Waals surface area contributed by atoms with Crippen molar-refractivity contribution in [1.82, 2.24) is 5.32 Å². The van der Waals surface area contributed by atoms with Crippen LogP contribution in [0.1, 0.15) is 32.8 Å². The van der Waals surface area contributed by atoms with Gasteiger partial charge in [-0.25, -0.2) is 0 Å². The first-order valence-electron chi connectivity index (χ1n) is 7.01. The molecule has 1 rings (SSSR count). The highest BCUT2D eigenvalue weighted by atomic mass is 16.5. The lowest BCUT2D eigenvalue weighted by molar-refractivity contribution is -0.152. The highest BCUT2D eigenvalue weighted by Crippen LogP contribution is 2.23. The van der Waals surface area contributed by atoms with E-state index < -0.39 is 5.41 Å². The lowest BCUT2D eigenvalue weighted by Crippen LogP contribution is -2.32. The van der Waals surface area contributed by atoms with Crippen LogP contribution in [-0.4, -0.2) is 26.2 Å². The zero-order chi connectivity index (χ0) is 15.0. The lowest BCUT2D eigenvalue weighted by Gasteiger charge is -2.22. The summed E-state index contributed by atoms with van der Waals surface area (Å²) in [5.74, 6) is 0.548. The van der Waals surface area contributed by atoms with Gasteiger partial charge >= 0.3 is 5.97 Å². The predicted octanol–water partition coefficient (Wildman–Crippen LogP) is 2.76. The maximum Gasteiger partial charge on any atom is 0.314 e. The fourth-order valence-electron chi connectivity index (χ4n) is 1.78. The Kier molecular flexibility index (Phi) is 6.52. The summed E-state index contributed by atoms with van der Waals surface area (Å²) >= 11 is 0. The fourth-order valence-corrected chi connectivity index (χ4v) is 1.78. The number of benzene rings is 1. The van der Waals surface area contributed by atoms with E-state index in [1.54, 1.807) is 0 Å². The zero-order valence-electron chi connectivity index (χ0n) is 12.9. The Morgan fingerprint density at radius 2 is 2.00 bits per heavy atom. The van der Waals surface area contributed by atoms with E-state index in [1.807, 2.05) is 38.1 Å². The molecule has 1 aromatic rings. The van der Waals surface area contributed by atoms with Crippen molar-refractivity contribution in [2.75, 3.05) is 20.3 Å². The van der Waals surface area contributed by atoms with Crippen molar-refractivity contribution in [2.24, 2.45) is 5.41 Å². The first-order valence-corrected chi connectivity index (χ1v) is 7.01. The number of carbonyl (C=O) groups excluding carboxylic acids is 1. The number of ether oxygens (including phenoxy) is 2. The predicted molar refractivity (Wildman–Crippen MR) is 79.7 cm³/mol. The summed E-state index contributed by atoms with van der Waals surface area (Å²) in [5, 5.41) is 3.35. The number of hydrogen-bond acceptors (Lipinski definition) is 4. The second-order valence-electron chi connectivity index (χ2n) is 5.45. The molecule has 0 aliphatic rings. The normalized spacial score (nSPS) is 11.2. The minimum absolute atomic E-state index is 0.265. The molecule has 4 nitrogen and oxygen atoms in total. The second-order valence-corrected chi connectivity index (χ2v) is 5.45. The summed E-state index contributed by atoms with van der Waals surface area (Å²) in [6, 6.07) is 7.88. The molecule has 0 aliphatic carbocycles. The van der Waals surface area contributed by atoms with Gasteiger partial charge in [-0.1, -0.05) is 25.1 Å². The first-order chi connectivity index (χ1) is 9.51. The maximum absolute atomic E-state index is 11.6. The quantitative estimate of drug-likeness (QED) is 0.587. The molecule has 0 spiro atoms. The van der Waals surface area contributed by atoms with E-state index in [-0.39, 0.29) is 5.97 Å². The van der Waals surface area contributed by atoms with Gasteiger partial charge in [0.1, 0.15) is 12.4 Å². The average molecular weight is 279 g/mol. The van der Waals surface area contributed by atoms with Crippen molar-refractivity contribution in [1.29, 1.82) is 0 Å². The summed E-state index contributed by atoms with van der Waals surface area (Å²) in [6.45, 7) is 7.80. The molecule has 1 aromatic carbocycles. The van der Waals surface area contributed by atoms with Crippen molar-refractivity contribution >= 4 is 5.97 Å². The van der Waals surface area contributed by atoms with Gasteiger partial charge in [-0.15, -0.1) is 0 Å². The molecule has 0 aromatic heterocycles. The smallest absolute Gasteiger partial charge is 0.314 e. The molecule has 0 radical (unpaired) electrons. The fraction of sp³-hybridized carbons (Fsp3) is 0.562. The van der Waals surface area contributed by atoms with E-state index in [0.717, 1.165) is 30.8 Å². The Bertz CT molecular complexity index is 429. The van der Waals surface area contributed by atoms with Gasteiger partial charge in [0, 0.05) is 12.1 Å². The molecule has 0 aliphatic heterocycles. The number of nitrogens with one attached hydrogen (secondary N) is 1. The van der Waals surface area contributed by atoms with Crippen LogP contribution >= 0.6 is 0 Å². The van der Waals surface area contributed by atoms with E-state index in [2.05, 4.69) is 12.2 Å². The number of hydrogen-bond donors (Lipinski definition) is 1. The highest BCUT2D eigenvalue weighted by molar-refractivity contribution is 5.75. The molecule has 1 N–H and O–H groups in total. The van der Waals surface area contributed by atoms with Crippen molar-refractivity contribution in [3.05, 3.63) is 29.8 Å². The average Bonchev–Trinajstić information content (AvgIpc) is 2.45. The molecule has 0 heterocycles. The van der Waals surface area contributed by atoms with Crippen molar-refractivity contribution in [3.63, 3.8) is 0 Å². The largest absolute Gasteiger partial charge is 0.492 e. The van der Waals surface area contributed by atoms with E-state index in [1.165, 1.54) is 7.11 Å². The Hall–Kier alpha value is -1.55. The van der Waals surface area contributed by atoms with Crippen LogP contribution in [0.5, 0.6) is 5.75 Å². The molecule has 0 unspecified atom stereocenters. The Morgan fingerprint density at radius 3 is 2.65 bits per heavy atom. The van der Waals surface area contributed by atoms with E-state index in [9.17, 15) is 4.79 Å². The van der Waals surface area contributed by atoms with E-state index >= 15 is 0 Å². The summed E-state index contributed by atoms with van der Waals surface area (Å²) in [4.78, 5) is 11.6. The molecule has 0 saturated carbocycles. The molecule has 0 atom stereocenters. The third-order valence-electron chi connectivity index (χ3n) is 3.04. The number of esters is 1. The molecular formula is C16H25NO3. The third kappa shape index (κ3) is 4.85. The number of methoxy groups -OCH3 is 1. The van der Waals surface area contributed by atoms with Crippen LogP contribution in [0.3, 0.4) is 0 Å². The van der Waals surface area contributed by atoms with Crippen LogP contribution in [-0.2, 0) is 16.1 Å². The van der Waals surface area contributed by atoms with Crippen LogP contribution in [0.25, 0.3) is 0 Å². The minimum Gasteiger partial charge on any atom is -0.492 e. The first kappa shape index (κ1) is 16.5. The van der Waals surface area contributed by atoms with E-state index in [0.29, 0.717) is 6.61 Å². The Morgan fingerprint density at radius 1 is 1.30 bits per heavy atom. The van der Waals surface area contributed by atoms with Crippen molar-refractivity contribution in [2.45, 2.75) is 33.7 Å². The van der Waals surface area contributed by atoms with Crippen LogP contribution in [0, 0.1) is 5.41 Å². The van der Waals surface area contributed by atoms with Gasteiger partial charge in [0.05, 0.1) is 12.5 Å². The van der Waals surface area contributed by atoms with Crippen LogP contribution in [0.15, 0.2) is 24.3 Å². The SMILES string of the molecule is CCCNCc1ccccc1OCC(C)(C)C(=O)OC. The second kappa shape index (κ2) is 7.90. The van der Waals surface area contributed by atoms with Crippen LogP contribution < -0.4 is 10.1 Å². The Labute approximate surface area is 121 Å². The molecule has 20 heavy (non-hydrogen) atoms. The minimum atomic E-state index is -0.654. The summed E-state index contributed by atoms with van der Waals surface area (Å²) < 4.78 is 10.6. The van der Waals surface area contributed by atoms with Gasteiger partial charge in [0.25, 0.3) is 0 Å². The Balaban J connectivity index is 2.65. The molecule has 4 heteroatoms. The summed E-state index contributed by atoms with van der Waals surface area (Å²) in [7, 11) is 1.40. The van der Waals surface area contributed by atoms with Gasteiger partial charge in [0.2, 0.25) is 0 Å². The maximum atomic E-state index is 11.6. The monoisotopic (exact) mass is 279 g/mol. The van der Waals surface area contributed by atoms with Gasteiger partial charge < -0.3 is 14.8 Å². The topological polar surface area (TPSA) is 47.6 Å². The van der Waals surface area contributed by atoms with Crippen LogP contribution in [0.4, 0.5) is 0 Å². The molecule has 112 valence electrons. The van der Waals surface area contributed by atoms with Crippen molar-refractivity contribution in [3.8, 4) is 5.75 Å². The number of carbonyl (C=O) groups is 1. The molecule has 0 fully saturated rings. The number of rotatable bonds is 8. The lowest BCUT2D eigenvalue weighted by atomic mass is 9.95. The number of para-hydroxylation sites is 1. The molecule has 0 saturated heterocycles. The van der Waals surface area contributed by atoms with Gasteiger partial charge in [-0.3, -0.25) is 4.79 Å². The highest BCUT2D eigenvalue weighted by Gasteiger charge is 2.29. The van der Waals surface area contributed by atoms with Crippen LogP contribution in [0.2, 0.25) is 0 Å². The van der Waals surface area contributed by atoms with Gasteiger partial charge in [-0.05, 0) is 32.9 Å². The van der Waals surface area contributed by atoms with E-state index in [4.69, 9.17) is 9.47 Å².